The second kappa shape index (κ2) is 13.0. The smallest absolute Gasteiger partial charge is 0.253 e. The molecule has 1 aliphatic rings. The van der Waals surface area contributed by atoms with Crippen LogP contribution < -0.4 is 22.1 Å². The van der Waals surface area contributed by atoms with E-state index in [9.17, 15) is 27.6 Å². The van der Waals surface area contributed by atoms with Gasteiger partial charge in [0.25, 0.3) is 5.91 Å². The molecule has 0 saturated carbocycles. The number of hydrogen-bond donors (Lipinski definition) is 4. The summed E-state index contributed by atoms with van der Waals surface area (Å²) in [5, 5.41) is 5.19. The molecule has 0 aliphatic carbocycles. The Labute approximate surface area is 223 Å². The first-order valence-electron chi connectivity index (χ1n) is 12.2. The third-order valence-electron chi connectivity index (χ3n) is 6.16. The van der Waals surface area contributed by atoms with Crippen LogP contribution in [0.1, 0.15) is 31.4 Å². The molecule has 1 fully saturated rings. The van der Waals surface area contributed by atoms with E-state index in [1.807, 2.05) is 26.0 Å². The van der Waals surface area contributed by atoms with Gasteiger partial charge in [0.2, 0.25) is 11.8 Å². The van der Waals surface area contributed by atoms with E-state index in [2.05, 4.69) is 10.6 Å². The summed E-state index contributed by atoms with van der Waals surface area (Å²) in [4.78, 5) is 38.7. The number of amides is 3. The van der Waals surface area contributed by atoms with Crippen LogP contribution in [0.5, 0.6) is 0 Å². The molecule has 2 aromatic carbocycles. The van der Waals surface area contributed by atoms with Gasteiger partial charge in [0, 0.05) is 43.1 Å². The lowest BCUT2D eigenvalue weighted by Crippen LogP contribution is -2.46. The van der Waals surface area contributed by atoms with Crippen molar-refractivity contribution >= 4 is 35.2 Å². The fourth-order valence-electron chi connectivity index (χ4n) is 4.10. The summed E-state index contributed by atoms with van der Waals surface area (Å²) < 4.78 is 40.5. The molecule has 38 heavy (non-hydrogen) atoms. The van der Waals surface area contributed by atoms with Crippen molar-refractivity contribution in [2.24, 2.45) is 17.4 Å². The molecule has 3 atom stereocenters. The van der Waals surface area contributed by atoms with Gasteiger partial charge < -0.3 is 27.0 Å². The Morgan fingerprint density at radius 1 is 1.08 bits per heavy atom. The van der Waals surface area contributed by atoms with E-state index in [1.165, 1.54) is 16.7 Å². The third kappa shape index (κ3) is 7.64. The van der Waals surface area contributed by atoms with Crippen LogP contribution in [-0.2, 0) is 27.3 Å². The van der Waals surface area contributed by atoms with Crippen molar-refractivity contribution in [2.45, 2.75) is 50.7 Å². The first kappa shape index (κ1) is 29.3. The van der Waals surface area contributed by atoms with Crippen molar-refractivity contribution < 1.29 is 27.6 Å². The van der Waals surface area contributed by atoms with E-state index >= 15 is 0 Å². The molecule has 8 nitrogen and oxygen atoms in total. The third-order valence-corrected chi connectivity index (χ3v) is 7.36. The molecule has 0 bridgehead atoms. The Morgan fingerprint density at radius 2 is 1.74 bits per heavy atom. The maximum absolute atomic E-state index is 13.9. The molecule has 12 heteroatoms. The fraction of sp³-hybridized carbons (Fsp3) is 0.423. The molecule has 1 unspecified atom stereocenters. The van der Waals surface area contributed by atoms with E-state index in [4.69, 9.17) is 11.5 Å². The summed E-state index contributed by atoms with van der Waals surface area (Å²) in [5.41, 5.74) is 12.9. The summed E-state index contributed by atoms with van der Waals surface area (Å²) in [5.74, 6) is -4.00. The van der Waals surface area contributed by atoms with Crippen LogP contribution in [0.3, 0.4) is 0 Å². The van der Waals surface area contributed by atoms with Crippen molar-refractivity contribution in [3.05, 3.63) is 65.0 Å². The Kier molecular flexibility index (Phi) is 10.0. The number of nitrogens with zero attached hydrogens (tertiary/aromatic N) is 1. The number of carbonyl (C=O) groups excluding carboxylic acids is 3. The number of primary amides is 1. The zero-order valence-corrected chi connectivity index (χ0v) is 22.0. The summed E-state index contributed by atoms with van der Waals surface area (Å²) in [6.45, 7) is 4.37. The van der Waals surface area contributed by atoms with Crippen LogP contribution >= 0.6 is 11.8 Å². The molecule has 1 aliphatic heterocycles. The lowest BCUT2D eigenvalue weighted by molar-refractivity contribution is -0.136. The molecule has 6 N–H and O–H groups in total. The van der Waals surface area contributed by atoms with Gasteiger partial charge in [-0.1, -0.05) is 26.0 Å². The molecule has 1 heterocycles. The van der Waals surface area contributed by atoms with E-state index in [0.29, 0.717) is 18.4 Å². The van der Waals surface area contributed by atoms with Gasteiger partial charge >= 0.3 is 0 Å². The Hall–Kier alpha value is -3.25. The van der Waals surface area contributed by atoms with Gasteiger partial charge in [0.05, 0.1) is 0 Å². The summed E-state index contributed by atoms with van der Waals surface area (Å²) in [6, 6.07) is 7.03. The van der Waals surface area contributed by atoms with Crippen LogP contribution in [-0.4, -0.2) is 52.4 Å². The molecule has 206 valence electrons. The SMILES string of the molecule is CC(C)[C@@H](Nc1ccc(CNC(=O)C2SCCN2C(=O)C[C@H](N)Cc2cc(F)c(F)cc2F)cc1)C(N)=O. The van der Waals surface area contributed by atoms with Crippen LogP contribution in [0, 0.1) is 23.4 Å². The van der Waals surface area contributed by atoms with Crippen LogP contribution in [0.4, 0.5) is 18.9 Å². The molecule has 0 aromatic heterocycles. The molecule has 0 spiro atoms. The second-order valence-corrected chi connectivity index (χ2v) is 10.7. The predicted molar refractivity (Wildman–Crippen MR) is 140 cm³/mol. The van der Waals surface area contributed by atoms with Crippen molar-refractivity contribution in [2.75, 3.05) is 17.6 Å². The Morgan fingerprint density at radius 3 is 2.37 bits per heavy atom. The van der Waals surface area contributed by atoms with Gasteiger partial charge in [-0.25, -0.2) is 13.2 Å². The van der Waals surface area contributed by atoms with Crippen molar-refractivity contribution in [1.82, 2.24) is 10.2 Å². The van der Waals surface area contributed by atoms with E-state index in [-0.39, 0.29) is 42.7 Å². The number of rotatable bonds is 11. The Balaban J connectivity index is 1.52. The molecular formula is C26H32F3N5O3S. The molecule has 3 rings (SSSR count). The predicted octanol–water partition coefficient (Wildman–Crippen LogP) is 2.50. The standard InChI is InChI=1S/C26H32F3N5O3S/c1-14(2)23(24(31)36)33-18-5-3-15(4-6-18)13-32-25(37)26-34(7-8-38-26)22(35)11-17(30)9-16-10-20(28)21(29)12-19(16)27/h3-6,10,12,14,17,23,26,33H,7-9,11,13,30H2,1-2H3,(H2,31,36)(H,32,37)/t17-,23-,26?/m1/s1. The van der Waals surface area contributed by atoms with E-state index < -0.39 is 40.8 Å². The maximum atomic E-state index is 13.9. The summed E-state index contributed by atoms with van der Waals surface area (Å²) in [6.07, 6.45) is -0.339. The normalized spacial score (nSPS) is 16.8. The number of nitrogens with two attached hydrogens (primary N) is 2. The van der Waals surface area contributed by atoms with Gasteiger partial charge in [0.15, 0.2) is 17.0 Å². The lowest BCUT2D eigenvalue weighted by atomic mass is 10.0. The lowest BCUT2D eigenvalue weighted by Gasteiger charge is -2.24. The van der Waals surface area contributed by atoms with Gasteiger partial charge in [-0.05, 0) is 41.7 Å². The summed E-state index contributed by atoms with van der Waals surface area (Å²) in [7, 11) is 0. The van der Waals surface area contributed by atoms with Crippen LogP contribution in [0.25, 0.3) is 0 Å². The Bertz CT molecular complexity index is 1170. The van der Waals surface area contributed by atoms with Crippen molar-refractivity contribution in [3.63, 3.8) is 0 Å². The monoisotopic (exact) mass is 551 g/mol. The highest BCUT2D eigenvalue weighted by atomic mass is 32.2. The highest BCUT2D eigenvalue weighted by Gasteiger charge is 2.35. The molecule has 0 radical (unpaired) electrons. The first-order chi connectivity index (χ1) is 18.0. The average Bonchev–Trinajstić information content (AvgIpc) is 3.35. The van der Waals surface area contributed by atoms with Gasteiger partial charge in [-0.3, -0.25) is 14.4 Å². The number of carbonyl (C=O) groups is 3. The number of hydrogen-bond acceptors (Lipinski definition) is 6. The van der Waals surface area contributed by atoms with Crippen LogP contribution in [0.2, 0.25) is 0 Å². The fourth-order valence-corrected chi connectivity index (χ4v) is 5.26. The molecule has 2 aromatic rings. The quantitative estimate of drug-likeness (QED) is 0.318. The highest BCUT2D eigenvalue weighted by molar-refractivity contribution is 8.00. The van der Waals surface area contributed by atoms with E-state index in [0.717, 1.165) is 17.3 Å². The number of thioether (sulfide) groups is 1. The van der Waals surface area contributed by atoms with Gasteiger partial charge in [-0.2, -0.15) is 0 Å². The summed E-state index contributed by atoms with van der Waals surface area (Å²) >= 11 is 1.32. The number of halogens is 3. The zero-order valence-electron chi connectivity index (χ0n) is 21.2. The zero-order chi connectivity index (χ0) is 28.0. The minimum atomic E-state index is -1.30. The van der Waals surface area contributed by atoms with Gasteiger partial charge in [-0.15, -0.1) is 11.8 Å². The number of benzene rings is 2. The minimum absolute atomic E-state index is 0.0164. The number of anilines is 1. The average molecular weight is 552 g/mol. The van der Waals surface area contributed by atoms with Crippen LogP contribution in [0.15, 0.2) is 36.4 Å². The van der Waals surface area contributed by atoms with Crippen molar-refractivity contribution in [1.29, 1.82) is 0 Å². The van der Waals surface area contributed by atoms with E-state index in [1.54, 1.807) is 12.1 Å². The topological polar surface area (TPSA) is 131 Å². The van der Waals surface area contributed by atoms with Crippen molar-refractivity contribution in [3.8, 4) is 0 Å². The second-order valence-electron chi connectivity index (χ2n) is 9.52. The molecular weight excluding hydrogens is 519 g/mol. The highest BCUT2D eigenvalue weighted by Crippen LogP contribution is 2.25. The maximum Gasteiger partial charge on any atom is 0.253 e. The largest absolute Gasteiger partial charge is 0.373 e. The minimum Gasteiger partial charge on any atom is -0.373 e. The number of nitrogens with one attached hydrogen (secondary N) is 2. The van der Waals surface area contributed by atoms with Gasteiger partial charge in [0.1, 0.15) is 11.9 Å². The molecule has 1 saturated heterocycles. The first-order valence-corrected chi connectivity index (χ1v) is 13.2. The molecule has 3 amide bonds.